The molecule has 0 radical (unpaired) electrons. The van der Waals surface area contributed by atoms with Gasteiger partial charge in [-0.1, -0.05) is 109 Å². The maximum absolute atomic E-state index is 8.20. The number of fused-ring (bicyclic) bond motifs is 6. The van der Waals surface area contributed by atoms with E-state index in [1.54, 1.807) is 0 Å². The van der Waals surface area contributed by atoms with Gasteiger partial charge in [-0.2, -0.15) is 0 Å². The summed E-state index contributed by atoms with van der Waals surface area (Å²) in [5.41, 5.74) is 11.2. The van der Waals surface area contributed by atoms with Crippen LogP contribution in [0.5, 0.6) is 0 Å². The Bertz CT molecular complexity index is 2710. The van der Waals surface area contributed by atoms with Gasteiger partial charge in [0.15, 0.2) is 11.4 Å². The highest BCUT2D eigenvalue weighted by Crippen LogP contribution is 2.44. The Morgan fingerprint density at radius 1 is 0.375 bits per heavy atom. The van der Waals surface area contributed by atoms with Crippen LogP contribution in [-0.4, -0.2) is 9.13 Å². The average molecular weight is 611 g/mol. The first-order chi connectivity index (χ1) is 23.7. The van der Waals surface area contributed by atoms with E-state index in [0.29, 0.717) is 11.4 Å². The lowest BCUT2D eigenvalue weighted by Crippen LogP contribution is -1.98. The van der Waals surface area contributed by atoms with Crippen LogP contribution in [0.25, 0.3) is 86.9 Å². The largest absolute Gasteiger partial charge is 0.309 e. The number of aromatic nitrogens is 2. The van der Waals surface area contributed by atoms with Gasteiger partial charge in [0.1, 0.15) is 0 Å². The molecule has 0 atom stereocenters. The minimum atomic E-state index is 0.550. The zero-order chi connectivity index (χ0) is 32.2. The van der Waals surface area contributed by atoms with E-state index in [9.17, 15) is 0 Å². The van der Waals surface area contributed by atoms with Crippen LogP contribution in [0.1, 0.15) is 0 Å². The number of rotatable bonds is 4. The molecule has 0 N–H and O–H groups in total. The molecule has 9 aromatic rings. The lowest BCUT2D eigenvalue weighted by molar-refractivity contribution is 1.18. The molecular formula is C44H26N4. The highest BCUT2D eigenvalue weighted by Gasteiger charge is 2.20. The molecule has 0 bridgehead atoms. The highest BCUT2D eigenvalue weighted by molar-refractivity contribution is 6.11. The normalized spacial score (nSPS) is 11.3. The molecule has 9 rings (SSSR count). The van der Waals surface area contributed by atoms with Crippen LogP contribution in [0.15, 0.2) is 158 Å². The summed E-state index contributed by atoms with van der Waals surface area (Å²) in [4.78, 5) is 7.83. The zero-order valence-electron chi connectivity index (χ0n) is 25.8. The molecule has 0 unspecified atom stereocenters. The first kappa shape index (κ1) is 27.4. The van der Waals surface area contributed by atoms with Crippen molar-refractivity contribution in [2.45, 2.75) is 0 Å². The molecule has 0 saturated carbocycles. The summed E-state index contributed by atoms with van der Waals surface area (Å²) < 4.78 is 4.60. The number of nitrogens with zero attached hydrogens (tertiary/aromatic N) is 4. The van der Waals surface area contributed by atoms with Crippen LogP contribution in [0.4, 0.5) is 11.4 Å². The summed E-state index contributed by atoms with van der Waals surface area (Å²) in [5, 5.41) is 4.75. The first-order valence-corrected chi connectivity index (χ1v) is 15.8. The highest BCUT2D eigenvalue weighted by atomic mass is 15.0. The molecule has 7 aromatic carbocycles. The van der Waals surface area contributed by atoms with Gasteiger partial charge in [0.05, 0.1) is 40.9 Å². The van der Waals surface area contributed by atoms with E-state index in [1.165, 1.54) is 21.5 Å². The van der Waals surface area contributed by atoms with Crippen molar-refractivity contribution in [3.63, 3.8) is 0 Å². The molecule has 0 fully saturated rings. The molecule has 4 heteroatoms. The van der Waals surface area contributed by atoms with E-state index in [0.717, 1.165) is 55.7 Å². The van der Waals surface area contributed by atoms with Crippen molar-refractivity contribution in [3.05, 3.63) is 181 Å². The molecule has 2 heterocycles. The topological polar surface area (TPSA) is 18.6 Å². The minimum absolute atomic E-state index is 0.550. The van der Waals surface area contributed by atoms with Crippen molar-refractivity contribution in [2.75, 3.05) is 0 Å². The second kappa shape index (κ2) is 10.9. The van der Waals surface area contributed by atoms with Crippen LogP contribution >= 0.6 is 0 Å². The van der Waals surface area contributed by atoms with E-state index in [-0.39, 0.29) is 0 Å². The molecule has 0 aliphatic carbocycles. The lowest BCUT2D eigenvalue weighted by Gasteiger charge is -2.19. The predicted molar refractivity (Wildman–Crippen MR) is 199 cm³/mol. The zero-order valence-corrected chi connectivity index (χ0v) is 25.8. The Hall–Kier alpha value is -6.88. The van der Waals surface area contributed by atoms with Crippen LogP contribution < -0.4 is 0 Å². The van der Waals surface area contributed by atoms with Gasteiger partial charge in [0.25, 0.3) is 0 Å². The first-order valence-electron chi connectivity index (χ1n) is 15.8. The van der Waals surface area contributed by atoms with E-state index in [1.807, 2.05) is 36.4 Å². The molecule has 0 saturated heterocycles. The van der Waals surface area contributed by atoms with Crippen LogP contribution in [0.2, 0.25) is 0 Å². The molecule has 0 amide bonds. The van der Waals surface area contributed by atoms with Gasteiger partial charge < -0.3 is 9.13 Å². The van der Waals surface area contributed by atoms with Gasteiger partial charge in [0, 0.05) is 32.8 Å². The summed E-state index contributed by atoms with van der Waals surface area (Å²) in [6.07, 6.45) is 0. The summed E-state index contributed by atoms with van der Waals surface area (Å²) in [7, 11) is 0. The lowest BCUT2D eigenvalue weighted by atomic mass is 9.91. The van der Waals surface area contributed by atoms with Gasteiger partial charge in [-0.25, -0.2) is 9.69 Å². The van der Waals surface area contributed by atoms with E-state index < -0.39 is 0 Å². The molecule has 2 aromatic heterocycles. The van der Waals surface area contributed by atoms with E-state index in [2.05, 4.69) is 140 Å². The van der Waals surface area contributed by atoms with Crippen molar-refractivity contribution in [3.8, 4) is 33.6 Å². The SMILES string of the molecule is [C-]#[N+]c1ccc(-c2cc(-n3c4ccccc4c4ccccc43)ccc2[N+]#[C-])c(-c2ccccc2-n2c3ccccc3c3ccccc32)c1. The molecule has 0 aliphatic rings. The number of hydrogen-bond donors (Lipinski definition) is 0. The summed E-state index contributed by atoms with van der Waals surface area (Å²) in [6.45, 7) is 16.1. The smallest absolute Gasteiger partial charge is 0.195 e. The minimum Gasteiger partial charge on any atom is -0.309 e. The fraction of sp³-hybridized carbons (Fsp3) is 0. The molecule has 0 spiro atoms. The quantitative estimate of drug-likeness (QED) is 0.177. The maximum atomic E-state index is 8.20. The van der Waals surface area contributed by atoms with Crippen molar-refractivity contribution < 1.29 is 0 Å². The second-order valence-electron chi connectivity index (χ2n) is 11.9. The Morgan fingerprint density at radius 3 is 1.46 bits per heavy atom. The average Bonchev–Trinajstić information content (AvgIpc) is 3.67. The van der Waals surface area contributed by atoms with Crippen LogP contribution in [0, 0.1) is 13.1 Å². The summed E-state index contributed by atoms with van der Waals surface area (Å²) >= 11 is 0. The van der Waals surface area contributed by atoms with Crippen molar-refractivity contribution in [2.24, 2.45) is 0 Å². The van der Waals surface area contributed by atoms with Gasteiger partial charge in [-0.05, 0) is 65.2 Å². The number of benzene rings is 7. The molecule has 0 aliphatic heterocycles. The second-order valence-corrected chi connectivity index (χ2v) is 11.9. The third-order valence-electron chi connectivity index (χ3n) is 9.38. The fourth-order valence-corrected chi connectivity index (χ4v) is 7.31. The third kappa shape index (κ3) is 4.07. The van der Waals surface area contributed by atoms with Gasteiger partial charge >= 0.3 is 0 Å². The van der Waals surface area contributed by atoms with Crippen LogP contribution in [-0.2, 0) is 0 Å². The number of para-hydroxylation sites is 5. The van der Waals surface area contributed by atoms with Crippen molar-refractivity contribution in [1.29, 1.82) is 0 Å². The maximum Gasteiger partial charge on any atom is 0.195 e. The van der Waals surface area contributed by atoms with Gasteiger partial charge in [-0.3, -0.25) is 0 Å². The van der Waals surface area contributed by atoms with Crippen LogP contribution in [0.3, 0.4) is 0 Å². The Morgan fingerprint density at radius 2 is 0.896 bits per heavy atom. The number of hydrogen-bond acceptors (Lipinski definition) is 0. The van der Waals surface area contributed by atoms with Gasteiger partial charge in [-0.15, -0.1) is 0 Å². The molecular weight excluding hydrogens is 585 g/mol. The Balaban J connectivity index is 1.33. The predicted octanol–water partition coefficient (Wildman–Crippen LogP) is 12.3. The monoisotopic (exact) mass is 610 g/mol. The van der Waals surface area contributed by atoms with Crippen molar-refractivity contribution >= 4 is 55.0 Å². The Labute approximate surface area is 277 Å². The van der Waals surface area contributed by atoms with Crippen molar-refractivity contribution in [1.82, 2.24) is 9.13 Å². The summed E-state index contributed by atoms with van der Waals surface area (Å²) in [6, 6.07) is 54.2. The third-order valence-corrected chi connectivity index (χ3v) is 9.38. The van der Waals surface area contributed by atoms with E-state index in [4.69, 9.17) is 13.1 Å². The molecule has 4 nitrogen and oxygen atoms in total. The molecule has 222 valence electrons. The van der Waals surface area contributed by atoms with Gasteiger partial charge in [0.2, 0.25) is 0 Å². The fourth-order valence-electron chi connectivity index (χ4n) is 7.31. The standard InChI is InChI=1S/C44H26N4/c1-45-29-23-25-31(38-28-30(24-26-39(38)46-2)47-40-18-8-3-13-32(40)33-14-4-9-19-41(33)47)37(27-29)36-17-7-12-22-44(36)48-42-20-10-5-15-34(42)35-16-6-11-21-43(35)48/h3-28H. The van der Waals surface area contributed by atoms with E-state index >= 15 is 0 Å². The Kier molecular flexibility index (Phi) is 6.22. The summed E-state index contributed by atoms with van der Waals surface area (Å²) in [5.74, 6) is 0. The molecule has 48 heavy (non-hydrogen) atoms.